The topological polar surface area (TPSA) is 76.3 Å². The van der Waals surface area contributed by atoms with E-state index in [1.807, 2.05) is 0 Å². The zero-order valence-electron chi connectivity index (χ0n) is 8.10. The van der Waals surface area contributed by atoms with Gasteiger partial charge in [-0.2, -0.15) is 0 Å². The van der Waals surface area contributed by atoms with E-state index in [2.05, 4.69) is 4.98 Å². The first kappa shape index (κ1) is 10.1. The van der Waals surface area contributed by atoms with E-state index in [1.165, 1.54) is 11.3 Å². The van der Waals surface area contributed by atoms with Crippen LogP contribution in [-0.2, 0) is 4.79 Å². The molecule has 0 saturated carbocycles. The number of Topliss-reactive ketones (excluding diaryl/α,β-unsaturated/α-hetero) is 1. The Labute approximate surface area is 90.9 Å². The molecule has 1 fully saturated rings. The van der Waals surface area contributed by atoms with Crippen molar-refractivity contribution >= 4 is 28.2 Å². The molecule has 2 heterocycles. The Balaban J connectivity index is 2.05. The van der Waals surface area contributed by atoms with Gasteiger partial charge in [-0.15, -0.1) is 11.3 Å². The van der Waals surface area contributed by atoms with Gasteiger partial charge in [0.05, 0.1) is 0 Å². The molecule has 0 spiro atoms. The van der Waals surface area contributed by atoms with Crippen LogP contribution in [0.3, 0.4) is 0 Å². The van der Waals surface area contributed by atoms with Gasteiger partial charge in [-0.25, -0.2) is 4.98 Å². The van der Waals surface area contributed by atoms with Gasteiger partial charge in [-0.05, 0) is 0 Å². The Morgan fingerprint density at radius 3 is 2.67 bits per heavy atom. The highest BCUT2D eigenvalue weighted by Crippen LogP contribution is 2.15. The molecule has 1 saturated heterocycles. The SMILES string of the molecule is Nc1nc(C(=O)N2CCC(=O)CC2)cs1. The summed E-state index contributed by atoms with van der Waals surface area (Å²) in [6.45, 7) is 0.990. The molecule has 0 aromatic carbocycles. The molecule has 1 aliphatic heterocycles. The van der Waals surface area contributed by atoms with Crippen molar-refractivity contribution in [3.63, 3.8) is 0 Å². The highest BCUT2D eigenvalue weighted by Gasteiger charge is 2.23. The molecule has 1 aromatic rings. The third-order valence-corrected chi connectivity index (χ3v) is 3.02. The number of aromatic nitrogens is 1. The molecule has 1 aromatic heterocycles. The second-order valence-electron chi connectivity index (χ2n) is 3.40. The lowest BCUT2D eigenvalue weighted by molar-refractivity contribution is -0.120. The maximum absolute atomic E-state index is 11.8. The monoisotopic (exact) mass is 225 g/mol. The van der Waals surface area contributed by atoms with Gasteiger partial charge in [0.1, 0.15) is 11.5 Å². The molecule has 80 valence electrons. The number of nitrogens with zero attached hydrogens (tertiary/aromatic N) is 2. The van der Waals surface area contributed by atoms with E-state index in [4.69, 9.17) is 5.73 Å². The maximum atomic E-state index is 11.8. The average Bonchev–Trinajstić information content (AvgIpc) is 2.65. The predicted octanol–water partition coefficient (Wildman–Crippen LogP) is 0.530. The molecule has 0 radical (unpaired) electrons. The predicted molar refractivity (Wildman–Crippen MR) is 56.7 cm³/mol. The number of carbonyl (C=O) groups is 2. The summed E-state index contributed by atoms with van der Waals surface area (Å²) in [4.78, 5) is 28.4. The van der Waals surface area contributed by atoms with E-state index in [-0.39, 0.29) is 11.7 Å². The van der Waals surface area contributed by atoms with Gasteiger partial charge in [0, 0.05) is 31.3 Å². The Kier molecular flexibility index (Phi) is 2.68. The molecule has 0 atom stereocenters. The summed E-state index contributed by atoms with van der Waals surface area (Å²) in [7, 11) is 0. The van der Waals surface area contributed by atoms with Gasteiger partial charge < -0.3 is 10.6 Å². The first-order chi connectivity index (χ1) is 7.16. The van der Waals surface area contributed by atoms with Crippen LogP contribution in [0.4, 0.5) is 5.13 Å². The molecule has 0 unspecified atom stereocenters. The van der Waals surface area contributed by atoms with E-state index >= 15 is 0 Å². The van der Waals surface area contributed by atoms with Gasteiger partial charge >= 0.3 is 0 Å². The van der Waals surface area contributed by atoms with Gasteiger partial charge in [0.25, 0.3) is 5.91 Å². The van der Waals surface area contributed by atoms with Crippen molar-refractivity contribution in [3.05, 3.63) is 11.1 Å². The molecule has 1 aliphatic rings. The molecule has 6 heteroatoms. The fourth-order valence-corrected chi connectivity index (χ4v) is 2.04. The van der Waals surface area contributed by atoms with Gasteiger partial charge in [-0.3, -0.25) is 9.59 Å². The van der Waals surface area contributed by atoms with Crippen molar-refractivity contribution in [2.45, 2.75) is 12.8 Å². The highest BCUT2D eigenvalue weighted by atomic mass is 32.1. The Morgan fingerprint density at radius 1 is 1.47 bits per heavy atom. The van der Waals surface area contributed by atoms with Crippen molar-refractivity contribution in [2.75, 3.05) is 18.8 Å². The number of hydrogen-bond acceptors (Lipinski definition) is 5. The summed E-state index contributed by atoms with van der Waals surface area (Å²) in [6.07, 6.45) is 0.900. The second-order valence-corrected chi connectivity index (χ2v) is 4.29. The first-order valence-corrected chi connectivity index (χ1v) is 5.57. The molecule has 5 nitrogen and oxygen atoms in total. The number of nitrogen functional groups attached to an aromatic ring is 1. The molecule has 0 bridgehead atoms. The van der Waals surface area contributed by atoms with Crippen LogP contribution in [0.25, 0.3) is 0 Å². The zero-order valence-corrected chi connectivity index (χ0v) is 8.92. The lowest BCUT2D eigenvalue weighted by atomic mass is 10.1. The van der Waals surface area contributed by atoms with Crippen molar-refractivity contribution in [2.24, 2.45) is 0 Å². The quantitative estimate of drug-likeness (QED) is 0.756. The summed E-state index contributed by atoms with van der Waals surface area (Å²) in [5, 5.41) is 2.04. The molecule has 15 heavy (non-hydrogen) atoms. The number of nitrogens with two attached hydrogens (primary N) is 1. The van der Waals surface area contributed by atoms with Crippen LogP contribution >= 0.6 is 11.3 Å². The minimum absolute atomic E-state index is 0.129. The molecule has 0 aliphatic carbocycles. The summed E-state index contributed by atoms with van der Waals surface area (Å²) in [5.41, 5.74) is 5.83. The minimum Gasteiger partial charge on any atom is -0.375 e. The standard InChI is InChI=1S/C9H11N3O2S/c10-9-11-7(5-15-9)8(14)12-3-1-6(13)2-4-12/h5H,1-4H2,(H2,10,11). The third kappa shape index (κ3) is 2.15. The largest absolute Gasteiger partial charge is 0.375 e. The van der Waals surface area contributed by atoms with E-state index in [0.717, 1.165) is 0 Å². The number of carbonyl (C=O) groups excluding carboxylic acids is 2. The number of hydrogen-bond donors (Lipinski definition) is 1. The lowest BCUT2D eigenvalue weighted by Crippen LogP contribution is -2.38. The number of piperidine rings is 1. The van der Waals surface area contributed by atoms with Crippen LogP contribution in [-0.4, -0.2) is 34.7 Å². The summed E-state index contributed by atoms with van der Waals surface area (Å²) in [5.74, 6) is 0.0901. The van der Waals surface area contributed by atoms with Crippen molar-refractivity contribution in [3.8, 4) is 0 Å². The Hall–Kier alpha value is -1.43. The van der Waals surface area contributed by atoms with E-state index < -0.39 is 0 Å². The number of rotatable bonds is 1. The van der Waals surface area contributed by atoms with Crippen LogP contribution in [0.5, 0.6) is 0 Å². The van der Waals surface area contributed by atoms with E-state index in [1.54, 1.807) is 10.3 Å². The molecular weight excluding hydrogens is 214 g/mol. The first-order valence-electron chi connectivity index (χ1n) is 4.69. The number of likely N-dealkylation sites (tertiary alicyclic amines) is 1. The Bertz CT molecular complexity index is 392. The fraction of sp³-hybridized carbons (Fsp3) is 0.444. The van der Waals surface area contributed by atoms with Gasteiger partial charge in [0.15, 0.2) is 5.13 Å². The summed E-state index contributed by atoms with van der Waals surface area (Å²) in [6, 6.07) is 0. The molecule has 2 rings (SSSR count). The van der Waals surface area contributed by atoms with Crippen molar-refractivity contribution in [1.29, 1.82) is 0 Å². The van der Waals surface area contributed by atoms with Gasteiger partial charge in [-0.1, -0.05) is 0 Å². The fourth-order valence-electron chi connectivity index (χ4n) is 1.51. The van der Waals surface area contributed by atoms with Crippen LogP contribution in [0.15, 0.2) is 5.38 Å². The number of ketones is 1. The smallest absolute Gasteiger partial charge is 0.273 e. The highest BCUT2D eigenvalue weighted by molar-refractivity contribution is 7.13. The van der Waals surface area contributed by atoms with Crippen LogP contribution in [0.1, 0.15) is 23.3 Å². The van der Waals surface area contributed by atoms with Crippen LogP contribution < -0.4 is 5.73 Å². The van der Waals surface area contributed by atoms with Crippen molar-refractivity contribution in [1.82, 2.24) is 9.88 Å². The summed E-state index contributed by atoms with van der Waals surface area (Å²) >= 11 is 1.25. The van der Waals surface area contributed by atoms with Crippen LogP contribution in [0.2, 0.25) is 0 Å². The second kappa shape index (κ2) is 3.98. The molecule has 1 amide bonds. The number of thiazole rings is 1. The molecule has 2 N–H and O–H groups in total. The minimum atomic E-state index is -0.129. The Morgan fingerprint density at radius 2 is 2.13 bits per heavy atom. The molecular formula is C9H11N3O2S. The number of anilines is 1. The summed E-state index contributed by atoms with van der Waals surface area (Å²) < 4.78 is 0. The lowest BCUT2D eigenvalue weighted by Gasteiger charge is -2.25. The van der Waals surface area contributed by atoms with Crippen LogP contribution in [0, 0.1) is 0 Å². The normalized spacial score (nSPS) is 16.8. The average molecular weight is 225 g/mol. The van der Waals surface area contributed by atoms with Crippen molar-refractivity contribution < 1.29 is 9.59 Å². The van der Waals surface area contributed by atoms with E-state index in [9.17, 15) is 9.59 Å². The van der Waals surface area contributed by atoms with Gasteiger partial charge in [0.2, 0.25) is 0 Å². The maximum Gasteiger partial charge on any atom is 0.273 e. The number of amides is 1. The third-order valence-electron chi connectivity index (χ3n) is 2.35. The van der Waals surface area contributed by atoms with E-state index in [0.29, 0.717) is 36.8 Å². The zero-order chi connectivity index (χ0) is 10.8.